The fourth-order valence-electron chi connectivity index (χ4n) is 0.294. The summed E-state index contributed by atoms with van der Waals surface area (Å²) >= 11 is 0. The number of ether oxygens (including phenoxy) is 1. The Morgan fingerprint density at radius 2 is 2.07 bits per heavy atom. The molecule has 0 atom stereocenters. The lowest BCUT2D eigenvalue weighted by molar-refractivity contribution is -0.141. The number of carbonyl (C=O) groups excluding carboxylic acids is 1. The molecule has 0 aliphatic rings. The van der Waals surface area contributed by atoms with Crippen molar-refractivity contribution in [3.8, 4) is 0 Å². The summed E-state index contributed by atoms with van der Waals surface area (Å²) in [4.78, 5) is 19.7. The van der Waals surface area contributed by atoms with Gasteiger partial charge < -0.3 is 15.3 Å². The summed E-state index contributed by atoms with van der Waals surface area (Å²) < 4.78 is 4.52. The lowest BCUT2D eigenvalue weighted by atomic mass is 10.5. The summed E-state index contributed by atoms with van der Waals surface area (Å²) in [5.41, 5.74) is 0. The van der Waals surface area contributed by atoms with Crippen LogP contribution >= 0.6 is 0 Å². The molecule has 0 fully saturated rings. The van der Waals surface area contributed by atoms with Gasteiger partial charge in [0.1, 0.15) is 6.61 Å². The first kappa shape index (κ1) is 14.9. The highest BCUT2D eigenvalue weighted by molar-refractivity contribution is 5.84. The molecule has 0 radical (unpaired) electrons. The number of hydrogen-bond acceptors (Lipinski definition) is 4. The molecule has 0 aromatic carbocycles. The minimum atomic E-state index is -0.745. The van der Waals surface area contributed by atoms with E-state index in [4.69, 9.17) is 10.5 Å². The first-order chi connectivity index (χ1) is 6.58. The van der Waals surface area contributed by atoms with E-state index in [1.54, 1.807) is 6.92 Å². The van der Waals surface area contributed by atoms with Gasteiger partial charge in [-0.05, 0) is 0 Å². The van der Waals surface area contributed by atoms with Crippen LogP contribution in [0.4, 0.5) is 0 Å². The Kier molecular flexibility index (Phi) is 12.0. The summed E-state index contributed by atoms with van der Waals surface area (Å²) in [5, 5.41) is 14.2. The molecule has 0 heterocycles. The normalized spacial score (nSPS) is 7.79. The van der Waals surface area contributed by atoms with Gasteiger partial charge in [0.15, 0.2) is 0 Å². The second-order valence-electron chi connectivity index (χ2n) is 2.13. The lowest BCUT2D eigenvalue weighted by Crippen LogP contribution is -2.03. The van der Waals surface area contributed by atoms with Crippen LogP contribution < -0.4 is 0 Å². The monoisotopic (exact) mass is 201 g/mol. The highest BCUT2D eigenvalue weighted by atomic mass is 16.5. The predicted molar refractivity (Wildman–Crippen MR) is 52.5 cm³/mol. The molecular formula is C9H15NO4. The van der Waals surface area contributed by atoms with Crippen LogP contribution in [0.3, 0.4) is 0 Å². The third-order valence-corrected chi connectivity index (χ3v) is 0.933. The van der Waals surface area contributed by atoms with Gasteiger partial charge in [0.25, 0.3) is 0 Å². The molecule has 5 nitrogen and oxygen atoms in total. The van der Waals surface area contributed by atoms with E-state index in [-0.39, 0.29) is 25.4 Å². The zero-order chi connectivity index (χ0) is 11.4. The topological polar surface area (TPSA) is 87.5 Å². The molecule has 5 heteroatoms. The molecule has 0 bridgehead atoms. The third kappa shape index (κ3) is 16.7. The average Bonchev–Trinajstić information content (AvgIpc) is 2.16. The summed E-state index contributed by atoms with van der Waals surface area (Å²) in [6.45, 7) is 5.19. The molecule has 0 amide bonds. The molecule has 0 aliphatic carbocycles. The summed E-state index contributed by atoms with van der Waals surface area (Å²) in [5.74, 6) is -1.13. The number of carboxylic acid groups (broad SMARTS) is 1. The molecule has 0 aromatic rings. The molecular weight excluding hydrogens is 186 g/mol. The van der Waals surface area contributed by atoms with Crippen LogP contribution in [-0.4, -0.2) is 29.9 Å². The van der Waals surface area contributed by atoms with Crippen molar-refractivity contribution in [2.75, 3.05) is 6.61 Å². The second-order valence-corrected chi connectivity index (χ2v) is 2.13. The Labute approximate surface area is 82.9 Å². The number of carboxylic acids is 1. The van der Waals surface area contributed by atoms with Crippen LogP contribution in [0.15, 0.2) is 12.7 Å². The van der Waals surface area contributed by atoms with Gasteiger partial charge in [0.2, 0.25) is 0 Å². The molecule has 0 unspecified atom stereocenters. The van der Waals surface area contributed by atoms with E-state index in [1.165, 1.54) is 6.08 Å². The Balaban J connectivity index is 0. The van der Waals surface area contributed by atoms with Crippen LogP contribution in [-0.2, 0) is 14.3 Å². The van der Waals surface area contributed by atoms with Crippen molar-refractivity contribution in [3.63, 3.8) is 0 Å². The number of carbonyl (C=O) groups is 2. The molecule has 14 heavy (non-hydrogen) atoms. The Morgan fingerprint density at radius 3 is 2.36 bits per heavy atom. The van der Waals surface area contributed by atoms with Crippen molar-refractivity contribution >= 4 is 18.2 Å². The fraction of sp³-hybridized carbons (Fsp3) is 0.444. The van der Waals surface area contributed by atoms with Crippen LogP contribution in [0.25, 0.3) is 0 Å². The highest BCUT2D eigenvalue weighted by Gasteiger charge is 1.95. The van der Waals surface area contributed by atoms with E-state index in [0.29, 0.717) is 0 Å². The zero-order valence-electron chi connectivity index (χ0n) is 8.16. The maximum atomic E-state index is 10.4. The average molecular weight is 201 g/mol. The molecule has 0 aromatic heterocycles. The van der Waals surface area contributed by atoms with Crippen molar-refractivity contribution in [3.05, 3.63) is 12.7 Å². The van der Waals surface area contributed by atoms with Gasteiger partial charge in [-0.15, -0.1) is 0 Å². The van der Waals surface area contributed by atoms with Crippen molar-refractivity contribution in [1.82, 2.24) is 0 Å². The van der Waals surface area contributed by atoms with E-state index in [1.807, 2.05) is 0 Å². The minimum absolute atomic E-state index is 0.0494. The van der Waals surface area contributed by atoms with Crippen molar-refractivity contribution in [1.29, 1.82) is 5.41 Å². The summed E-state index contributed by atoms with van der Waals surface area (Å²) in [6.07, 6.45) is 2.76. The first-order valence-corrected chi connectivity index (χ1v) is 4.05. The Bertz CT molecular complexity index is 201. The number of hydrogen-bond donors (Lipinski definition) is 2. The second kappa shape index (κ2) is 11.4. The van der Waals surface area contributed by atoms with E-state index in [0.717, 1.165) is 6.21 Å². The summed E-state index contributed by atoms with van der Waals surface area (Å²) in [7, 11) is 0. The largest absolute Gasteiger partial charge is 0.481 e. The molecule has 0 rings (SSSR count). The van der Waals surface area contributed by atoms with E-state index < -0.39 is 5.97 Å². The molecule has 0 saturated carbocycles. The first-order valence-electron chi connectivity index (χ1n) is 4.05. The molecule has 2 N–H and O–H groups in total. The van der Waals surface area contributed by atoms with Crippen LogP contribution in [0, 0.1) is 5.41 Å². The van der Waals surface area contributed by atoms with Crippen LogP contribution in [0.1, 0.15) is 19.8 Å². The van der Waals surface area contributed by atoms with E-state index in [9.17, 15) is 9.59 Å². The Hall–Kier alpha value is -1.65. The van der Waals surface area contributed by atoms with Gasteiger partial charge in [-0.2, -0.15) is 0 Å². The third-order valence-electron chi connectivity index (χ3n) is 0.933. The van der Waals surface area contributed by atoms with Gasteiger partial charge in [-0.1, -0.05) is 19.6 Å². The molecule has 0 saturated heterocycles. The minimum Gasteiger partial charge on any atom is -0.481 e. The van der Waals surface area contributed by atoms with Crippen LogP contribution in [0.2, 0.25) is 0 Å². The van der Waals surface area contributed by atoms with Crippen molar-refractivity contribution in [2.45, 2.75) is 19.8 Å². The smallest absolute Gasteiger partial charge is 0.311 e. The summed E-state index contributed by atoms with van der Waals surface area (Å²) in [6, 6.07) is 0. The van der Waals surface area contributed by atoms with E-state index in [2.05, 4.69) is 11.3 Å². The number of nitrogens with one attached hydrogen (secondary N) is 1. The molecule has 0 spiro atoms. The molecule has 80 valence electrons. The molecule has 0 aliphatic heterocycles. The van der Waals surface area contributed by atoms with Gasteiger partial charge in [0.05, 0.1) is 6.42 Å². The van der Waals surface area contributed by atoms with Gasteiger partial charge in [-0.25, -0.2) is 0 Å². The van der Waals surface area contributed by atoms with Gasteiger partial charge in [0, 0.05) is 12.6 Å². The predicted octanol–water partition coefficient (Wildman–Crippen LogP) is 1.24. The standard InChI is InChI=1S/C6H9NO2.C3H6O2/c1-2-5-9-6(8)3-4-7;1-2-3(4)5/h2,4,7H,1,3,5H2;2H2,1H3,(H,4,5). The van der Waals surface area contributed by atoms with E-state index >= 15 is 0 Å². The maximum Gasteiger partial charge on any atom is 0.311 e. The maximum absolute atomic E-state index is 10.4. The zero-order valence-corrected chi connectivity index (χ0v) is 8.16. The van der Waals surface area contributed by atoms with Crippen molar-refractivity contribution < 1.29 is 19.4 Å². The van der Waals surface area contributed by atoms with Gasteiger partial charge >= 0.3 is 11.9 Å². The lowest BCUT2D eigenvalue weighted by Gasteiger charge is -1.95. The Morgan fingerprint density at radius 1 is 1.57 bits per heavy atom. The van der Waals surface area contributed by atoms with Crippen molar-refractivity contribution in [2.24, 2.45) is 0 Å². The van der Waals surface area contributed by atoms with Crippen LogP contribution in [0.5, 0.6) is 0 Å². The number of esters is 1. The van der Waals surface area contributed by atoms with Gasteiger partial charge in [-0.3, -0.25) is 9.59 Å². The SMILES string of the molecule is C=CCOC(=O)CC=N.CCC(=O)O. The fourth-order valence-corrected chi connectivity index (χ4v) is 0.294. The highest BCUT2D eigenvalue weighted by Crippen LogP contribution is 1.81. The number of rotatable bonds is 5. The quantitative estimate of drug-likeness (QED) is 0.398. The number of aliphatic carboxylic acids is 1.